The number of hydrogen-bond acceptors (Lipinski definition) is 5. The van der Waals surface area contributed by atoms with Crippen LogP contribution in [0.25, 0.3) is 0 Å². The number of carbonyl (C=O) groups is 4. The molecule has 2 N–H and O–H groups in total. The lowest BCUT2D eigenvalue weighted by Crippen LogP contribution is -2.57. The molecule has 8 heteroatoms. The van der Waals surface area contributed by atoms with Crippen molar-refractivity contribution < 1.29 is 23.9 Å². The normalized spacial score (nSPS) is 30.0. The largest absolute Gasteiger partial charge is 0.454 e. The third-order valence-electron chi connectivity index (χ3n) is 7.15. The second-order valence-corrected chi connectivity index (χ2v) is 9.92. The Morgan fingerprint density at radius 2 is 1.57 bits per heavy atom. The number of carbonyl (C=O) groups excluding carboxylic acids is 4. The van der Waals surface area contributed by atoms with Gasteiger partial charge in [0.05, 0.1) is 6.54 Å². The molecule has 0 spiro atoms. The van der Waals surface area contributed by atoms with Crippen molar-refractivity contribution in [3.05, 3.63) is 0 Å². The summed E-state index contributed by atoms with van der Waals surface area (Å²) >= 11 is 0. The van der Waals surface area contributed by atoms with E-state index in [1.54, 1.807) is 0 Å². The molecule has 4 bridgehead atoms. The van der Waals surface area contributed by atoms with E-state index >= 15 is 0 Å². The summed E-state index contributed by atoms with van der Waals surface area (Å²) in [5.41, 5.74) is -0.342. The van der Waals surface area contributed by atoms with Gasteiger partial charge in [-0.25, -0.2) is 4.79 Å². The molecule has 4 fully saturated rings. The van der Waals surface area contributed by atoms with Crippen molar-refractivity contribution in [2.24, 2.45) is 29.1 Å². The van der Waals surface area contributed by atoms with Gasteiger partial charge in [0, 0.05) is 19.5 Å². The van der Waals surface area contributed by atoms with Crippen molar-refractivity contribution >= 4 is 23.7 Å². The molecule has 4 rings (SSSR count). The van der Waals surface area contributed by atoms with Gasteiger partial charge in [-0.15, -0.1) is 0 Å². The monoisotopic (exact) mass is 421 g/mol. The first-order chi connectivity index (χ1) is 14.1. The molecule has 168 valence electrons. The third-order valence-corrected chi connectivity index (χ3v) is 7.15. The number of nitrogens with zero attached hydrogens (tertiary/aromatic N) is 1. The summed E-state index contributed by atoms with van der Waals surface area (Å²) < 4.78 is 5.21. The van der Waals surface area contributed by atoms with E-state index in [0.717, 1.165) is 19.3 Å². The van der Waals surface area contributed by atoms with Gasteiger partial charge in [-0.3, -0.25) is 14.4 Å². The molecule has 0 radical (unpaired) electrons. The highest BCUT2D eigenvalue weighted by molar-refractivity contribution is 5.90. The van der Waals surface area contributed by atoms with Crippen molar-refractivity contribution in [1.82, 2.24) is 15.5 Å². The number of hydrogen-bond donors (Lipinski definition) is 2. The molecular weight excluding hydrogens is 386 g/mol. The van der Waals surface area contributed by atoms with Gasteiger partial charge < -0.3 is 20.3 Å². The van der Waals surface area contributed by atoms with Crippen LogP contribution in [0.4, 0.5) is 0 Å². The van der Waals surface area contributed by atoms with Crippen LogP contribution < -0.4 is 10.6 Å². The van der Waals surface area contributed by atoms with Gasteiger partial charge in [0.1, 0.15) is 6.04 Å². The molecule has 30 heavy (non-hydrogen) atoms. The standard InChI is InChI=1S/C22H35N3O5/c1-13(2)19(20(28)30-12-18(27)25(4)11-17(26)23-3)24-21(29)22-8-14-5-15(9-22)7-16(6-14)10-22/h13-16,19H,5-12H2,1-4H3,(H,23,26)(H,24,29)/t14?,15?,16?,19-,22?/m1/s1. The second kappa shape index (κ2) is 8.94. The molecule has 1 atom stereocenters. The van der Waals surface area contributed by atoms with Crippen LogP contribution in [-0.4, -0.2) is 61.9 Å². The van der Waals surface area contributed by atoms with Crippen LogP contribution >= 0.6 is 0 Å². The zero-order chi connectivity index (χ0) is 22.1. The molecule has 0 aliphatic heterocycles. The Hall–Kier alpha value is -2.12. The van der Waals surface area contributed by atoms with Gasteiger partial charge in [-0.1, -0.05) is 13.8 Å². The van der Waals surface area contributed by atoms with Crippen LogP contribution in [0.15, 0.2) is 0 Å². The fourth-order valence-corrected chi connectivity index (χ4v) is 5.90. The Morgan fingerprint density at radius 1 is 1.03 bits per heavy atom. The van der Waals surface area contributed by atoms with E-state index in [9.17, 15) is 19.2 Å². The van der Waals surface area contributed by atoms with E-state index in [1.165, 1.54) is 38.3 Å². The van der Waals surface area contributed by atoms with Gasteiger partial charge in [0.15, 0.2) is 6.61 Å². The minimum Gasteiger partial charge on any atom is -0.454 e. The molecule has 0 aromatic heterocycles. The van der Waals surface area contributed by atoms with Crippen molar-refractivity contribution in [2.75, 3.05) is 27.2 Å². The third kappa shape index (κ3) is 4.78. The molecule has 0 heterocycles. The maximum Gasteiger partial charge on any atom is 0.329 e. The summed E-state index contributed by atoms with van der Waals surface area (Å²) in [5.74, 6) is 0.348. The first-order valence-corrected chi connectivity index (χ1v) is 11.1. The predicted octanol–water partition coefficient (Wildman–Crippen LogP) is 1.09. The molecule has 0 saturated heterocycles. The zero-order valence-electron chi connectivity index (χ0n) is 18.5. The fraction of sp³-hybridized carbons (Fsp3) is 0.818. The summed E-state index contributed by atoms with van der Waals surface area (Å²) in [5, 5.41) is 5.40. The second-order valence-electron chi connectivity index (χ2n) is 9.92. The number of esters is 1. The summed E-state index contributed by atoms with van der Waals surface area (Å²) in [6.45, 7) is 3.14. The molecule has 0 unspecified atom stereocenters. The first kappa shape index (κ1) is 22.6. The van der Waals surface area contributed by atoms with E-state index in [1.807, 2.05) is 13.8 Å². The lowest BCUT2D eigenvalue weighted by Gasteiger charge is -2.55. The van der Waals surface area contributed by atoms with E-state index in [-0.39, 0.29) is 29.7 Å². The summed E-state index contributed by atoms with van der Waals surface area (Å²) in [4.78, 5) is 50.7. The Balaban J connectivity index is 1.56. The molecule has 4 aliphatic rings. The van der Waals surface area contributed by atoms with Crippen molar-refractivity contribution in [3.8, 4) is 0 Å². The average Bonchev–Trinajstić information content (AvgIpc) is 2.68. The molecule has 0 aromatic carbocycles. The van der Waals surface area contributed by atoms with E-state index in [0.29, 0.717) is 17.8 Å². The number of rotatable bonds is 8. The zero-order valence-corrected chi connectivity index (χ0v) is 18.5. The lowest BCUT2D eigenvalue weighted by atomic mass is 9.49. The number of nitrogens with one attached hydrogen (secondary N) is 2. The Morgan fingerprint density at radius 3 is 2.03 bits per heavy atom. The van der Waals surface area contributed by atoms with Crippen LogP contribution in [0.2, 0.25) is 0 Å². The molecular formula is C22H35N3O5. The average molecular weight is 422 g/mol. The van der Waals surface area contributed by atoms with E-state index < -0.39 is 24.5 Å². The van der Waals surface area contributed by atoms with Gasteiger partial charge in [0.25, 0.3) is 5.91 Å². The highest BCUT2D eigenvalue weighted by Crippen LogP contribution is 2.60. The van der Waals surface area contributed by atoms with Crippen LogP contribution in [0.1, 0.15) is 52.4 Å². The van der Waals surface area contributed by atoms with Gasteiger partial charge in [0.2, 0.25) is 11.8 Å². The summed E-state index contributed by atoms with van der Waals surface area (Å²) in [7, 11) is 2.96. The quantitative estimate of drug-likeness (QED) is 0.571. The minimum absolute atomic E-state index is 0.0275. The molecule has 4 aliphatic carbocycles. The smallest absolute Gasteiger partial charge is 0.329 e. The van der Waals surface area contributed by atoms with Crippen molar-refractivity contribution in [3.63, 3.8) is 0 Å². The van der Waals surface area contributed by atoms with Gasteiger partial charge in [-0.2, -0.15) is 0 Å². The first-order valence-electron chi connectivity index (χ1n) is 11.1. The highest BCUT2D eigenvalue weighted by atomic mass is 16.5. The van der Waals surface area contributed by atoms with E-state index in [4.69, 9.17) is 4.74 Å². The number of ether oxygens (including phenoxy) is 1. The molecule has 8 nitrogen and oxygen atoms in total. The van der Waals surface area contributed by atoms with Crippen LogP contribution in [0, 0.1) is 29.1 Å². The van der Waals surface area contributed by atoms with Gasteiger partial charge in [-0.05, 0) is 62.2 Å². The summed E-state index contributed by atoms with van der Waals surface area (Å²) in [6.07, 6.45) is 6.50. The number of likely N-dealkylation sites (N-methyl/N-ethyl adjacent to an activating group) is 2. The van der Waals surface area contributed by atoms with Crippen molar-refractivity contribution in [1.29, 1.82) is 0 Å². The molecule has 3 amide bonds. The van der Waals surface area contributed by atoms with E-state index in [2.05, 4.69) is 10.6 Å². The minimum atomic E-state index is -0.789. The maximum atomic E-state index is 13.3. The Kier molecular flexibility index (Phi) is 6.72. The van der Waals surface area contributed by atoms with Crippen LogP contribution in [0.5, 0.6) is 0 Å². The van der Waals surface area contributed by atoms with Gasteiger partial charge >= 0.3 is 5.97 Å². The van der Waals surface area contributed by atoms with Crippen LogP contribution in [0.3, 0.4) is 0 Å². The SMILES string of the molecule is CNC(=O)CN(C)C(=O)COC(=O)[C@H](NC(=O)C12CC3CC(CC(C3)C1)C2)C(C)C. The summed E-state index contributed by atoms with van der Waals surface area (Å²) in [6, 6.07) is -0.789. The Labute approximate surface area is 178 Å². The highest BCUT2D eigenvalue weighted by Gasteiger charge is 2.55. The maximum absolute atomic E-state index is 13.3. The number of amides is 3. The van der Waals surface area contributed by atoms with Crippen LogP contribution in [-0.2, 0) is 23.9 Å². The lowest BCUT2D eigenvalue weighted by molar-refractivity contribution is -0.158. The molecule has 0 aromatic rings. The molecule has 4 saturated carbocycles. The Bertz CT molecular complexity index is 670. The predicted molar refractivity (Wildman–Crippen MR) is 110 cm³/mol. The topological polar surface area (TPSA) is 105 Å². The van der Waals surface area contributed by atoms with Crippen molar-refractivity contribution in [2.45, 2.75) is 58.4 Å². The fourth-order valence-electron chi connectivity index (χ4n) is 5.90.